The summed E-state index contributed by atoms with van der Waals surface area (Å²) in [4.78, 5) is 10.4. The maximum atomic E-state index is 10.3. The summed E-state index contributed by atoms with van der Waals surface area (Å²) >= 11 is 0. The van der Waals surface area contributed by atoms with Crippen molar-refractivity contribution in [3.8, 4) is 6.07 Å². The van der Waals surface area contributed by atoms with Crippen LogP contribution in [-0.2, 0) is 19.8 Å². The maximum absolute atomic E-state index is 10.3. The topological polar surface area (TPSA) is 118 Å². The number of aliphatic hydroxyl groups excluding tert-OH is 1. The molecule has 0 aromatic carbocycles. The van der Waals surface area contributed by atoms with Crippen molar-refractivity contribution in [3.63, 3.8) is 0 Å². The van der Waals surface area contributed by atoms with E-state index in [2.05, 4.69) is 21.1 Å². The fourth-order valence-electron chi connectivity index (χ4n) is 4.27. The average molecular weight is 384 g/mol. The normalized spacial score (nSPS) is 37.8. The Bertz CT molecular complexity index is 1040. The molecule has 5 atom stereocenters. The van der Waals surface area contributed by atoms with E-state index in [1.54, 1.807) is 41.7 Å². The van der Waals surface area contributed by atoms with Crippen LogP contribution in [0.5, 0.6) is 0 Å². The summed E-state index contributed by atoms with van der Waals surface area (Å²) < 4.78 is 19.7. The smallest absolute Gasteiger partial charge is 0.226 e. The summed E-state index contributed by atoms with van der Waals surface area (Å²) in [6, 6.07) is 5.80. The molecule has 5 rings (SSSR count). The molecule has 10 nitrogen and oxygen atoms in total. The largest absolute Gasteiger partial charge is 0.387 e. The van der Waals surface area contributed by atoms with Gasteiger partial charge in [0.2, 0.25) is 5.60 Å². The molecule has 3 aliphatic rings. The van der Waals surface area contributed by atoms with E-state index in [-0.39, 0.29) is 0 Å². The summed E-state index contributed by atoms with van der Waals surface area (Å²) in [5.74, 6) is -0.472. The third kappa shape index (κ3) is 2.02. The van der Waals surface area contributed by atoms with E-state index >= 15 is 0 Å². The molecule has 4 heterocycles. The lowest BCUT2D eigenvalue weighted by molar-refractivity contribution is -0.188. The molecule has 2 aromatic rings. The van der Waals surface area contributed by atoms with Gasteiger partial charge in [-0.15, -0.1) is 0 Å². The molecule has 1 unspecified atom stereocenters. The Kier molecular flexibility index (Phi) is 3.30. The van der Waals surface area contributed by atoms with E-state index in [9.17, 15) is 10.4 Å². The molecule has 2 saturated heterocycles. The minimum Gasteiger partial charge on any atom is -0.387 e. The van der Waals surface area contributed by atoms with Crippen molar-refractivity contribution in [2.75, 3.05) is 14.1 Å². The summed E-state index contributed by atoms with van der Waals surface area (Å²) in [5, 5.41) is 24.8. The first kappa shape index (κ1) is 17.5. The number of hydrogen-bond acceptors (Lipinski definition) is 8. The van der Waals surface area contributed by atoms with Gasteiger partial charge in [-0.05, 0) is 26.0 Å². The monoisotopic (exact) mass is 384 g/mol. The van der Waals surface area contributed by atoms with Crippen LogP contribution in [0.15, 0.2) is 23.5 Å². The standard InChI is InChI=1S/C18H20N6O4/c1-16(2)27-15-17(7-19,26-13-12(25)18(13,15)28-16)11-6-5-10-14(21-9-23(3)4)20-8-22-24(10)11/h5-6,8-9,12-13,15,25H,1-4H3/t12?,13-,15+,17+,18-/m1/s1. The highest BCUT2D eigenvalue weighted by atomic mass is 16.8. The Morgan fingerprint density at radius 3 is 2.86 bits per heavy atom. The van der Waals surface area contributed by atoms with E-state index in [0.29, 0.717) is 17.0 Å². The van der Waals surface area contributed by atoms with Gasteiger partial charge >= 0.3 is 0 Å². The highest BCUT2D eigenvalue weighted by Gasteiger charge is 2.87. The second kappa shape index (κ2) is 5.27. The van der Waals surface area contributed by atoms with Crippen molar-refractivity contribution in [2.24, 2.45) is 4.99 Å². The molecule has 10 heteroatoms. The van der Waals surface area contributed by atoms with Gasteiger partial charge in [-0.2, -0.15) is 10.4 Å². The van der Waals surface area contributed by atoms with Gasteiger partial charge in [-0.1, -0.05) is 0 Å². The number of rotatable bonds is 3. The molecule has 146 valence electrons. The predicted octanol–water partition coefficient (Wildman–Crippen LogP) is 0.333. The van der Waals surface area contributed by atoms with Crippen molar-refractivity contribution >= 4 is 17.7 Å². The van der Waals surface area contributed by atoms with Gasteiger partial charge in [0.15, 0.2) is 17.2 Å². The van der Waals surface area contributed by atoms with E-state index in [4.69, 9.17) is 14.2 Å². The molecule has 2 aliphatic heterocycles. The number of fused-ring (bicyclic) bond motifs is 1. The maximum Gasteiger partial charge on any atom is 0.226 e. The molecule has 28 heavy (non-hydrogen) atoms. The summed E-state index contributed by atoms with van der Waals surface area (Å²) in [6.45, 7) is 3.52. The molecule has 1 spiro atoms. The van der Waals surface area contributed by atoms with Gasteiger partial charge in [-0.3, -0.25) is 0 Å². The summed E-state index contributed by atoms with van der Waals surface area (Å²) in [5.41, 5.74) is -1.40. The van der Waals surface area contributed by atoms with Crippen LogP contribution >= 0.6 is 0 Å². The SMILES string of the molecule is CN(C)C=Nc1ncnn2c([C@]3(C#N)O[C@@H]4C(O)[C@@]45OC(C)(C)O[C@H]53)ccc12. The van der Waals surface area contributed by atoms with Crippen LogP contribution in [0.2, 0.25) is 0 Å². The fourth-order valence-corrected chi connectivity index (χ4v) is 4.27. The first-order valence-corrected chi connectivity index (χ1v) is 8.94. The van der Waals surface area contributed by atoms with Crippen LogP contribution in [-0.4, -0.2) is 74.7 Å². The quantitative estimate of drug-likeness (QED) is 0.594. The predicted molar refractivity (Wildman–Crippen MR) is 95.8 cm³/mol. The number of ether oxygens (including phenoxy) is 3. The van der Waals surface area contributed by atoms with Crippen LogP contribution in [0.3, 0.4) is 0 Å². The number of hydrogen-bond donors (Lipinski definition) is 1. The highest BCUT2D eigenvalue weighted by Crippen LogP contribution is 2.66. The molecule has 1 aliphatic carbocycles. The van der Waals surface area contributed by atoms with Crippen LogP contribution in [0.25, 0.3) is 5.52 Å². The molecule has 0 radical (unpaired) electrons. The van der Waals surface area contributed by atoms with Crippen molar-refractivity contribution in [2.45, 2.75) is 49.1 Å². The zero-order valence-electron chi connectivity index (χ0n) is 15.9. The van der Waals surface area contributed by atoms with Gasteiger partial charge in [0.25, 0.3) is 0 Å². The zero-order chi connectivity index (χ0) is 19.9. The second-order valence-electron chi connectivity index (χ2n) is 7.99. The first-order valence-electron chi connectivity index (χ1n) is 8.94. The Morgan fingerprint density at radius 1 is 1.36 bits per heavy atom. The molecule has 1 saturated carbocycles. The van der Waals surface area contributed by atoms with Crippen LogP contribution in [0.4, 0.5) is 5.82 Å². The van der Waals surface area contributed by atoms with Crippen molar-refractivity contribution in [3.05, 3.63) is 24.2 Å². The van der Waals surface area contributed by atoms with Crippen molar-refractivity contribution < 1.29 is 19.3 Å². The van der Waals surface area contributed by atoms with Crippen LogP contribution in [0, 0.1) is 11.3 Å². The third-order valence-electron chi connectivity index (χ3n) is 5.39. The minimum atomic E-state index is -1.47. The number of nitriles is 1. The molecular formula is C18H20N6O4. The van der Waals surface area contributed by atoms with E-state index < -0.39 is 35.3 Å². The Labute approximate surface area is 161 Å². The van der Waals surface area contributed by atoms with E-state index in [1.165, 1.54) is 6.33 Å². The van der Waals surface area contributed by atoms with Gasteiger partial charge in [-0.25, -0.2) is 14.5 Å². The number of aliphatic hydroxyl groups is 1. The number of aliphatic imine (C=N–C) groups is 1. The Balaban J connectivity index is 1.64. The van der Waals surface area contributed by atoms with E-state index in [1.807, 2.05) is 14.1 Å². The van der Waals surface area contributed by atoms with Gasteiger partial charge in [0.1, 0.15) is 36.2 Å². The Morgan fingerprint density at radius 2 is 2.14 bits per heavy atom. The fraction of sp³-hybridized carbons (Fsp3) is 0.556. The average Bonchev–Trinajstić information content (AvgIpc) is 3.04. The Hall–Kier alpha value is -2.58. The third-order valence-corrected chi connectivity index (χ3v) is 5.39. The second-order valence-corrected chi connectivity index (χ2v) is 7.99. The molecule has 0 bridgehead atoms. The van der Waals surface area contributed by atoms with E-state index in [0.717, 1.165) is 0 Å². The minimum absolute atomic E-state index is 0.463. The lowest BCUT2D eigenvalue weighted by Gasteiger charge is -2.29. The highest BCUT2D eigenvalue weighted by molar-refractivity contribution is 5.71. The van der Waals surface area contributed by atoms with Crippen molar-refractivity contribution in [1.29, 1.82) is 5.26 Å². The molecule has 3 fully saturated rings. The zero-order valence-corrected chi connectivity index (χ0v) is 15.9. The lowest BCUT2D eigenvalue weighted by Crippen LogP contribution is -2.46. The molecule has 1 N–H and O–H groups in total. The number of nitrogens with zero attached hydrogens (tertiary/aromatic N) is 6. The van der Waals surface area contributed by atoms with Gasteiger partial charge in [0, 0.05) is 14.1 Å². The van der Waals surface area contributed by atoms with Crippen LogP contribution < -0.4 is 0 Å². The molecule has 2 aromatic heterocycles. The first-order chi connectivity index (χ1) is 13.2. The van der Waals surface area contributed by atoms with Gasteiger partial charge in [0.05, 0.1) is 12.0 Å². The molecule has 0 amide bonds. The van der Waals surface area contributed by atoms with Crippen LogP contribution in [0.1, 0.15) is 19.5 Å². The van der Waals surface area contributed by atoms with Crippen molar-refractivity contribution in [1.82, 2.24) is 19.5 Å². The van der Waals surface area contributed by atoms with Gasteiger partial charge < -0.3 is 24.2 Å². The number of aromatic nitrogens is 3. The lowest BCUT2D eigenvalue weighted by atomic mass is 9.90. The summed E-state index contributed by atoms with van der Waals surface area (Å²) in [6.07, 6.45) is 0.763. The summed E-state index contributed by atoms with van der Waals surface area (Å²) in [7, 11) is 3.72. The molecular weight excluding hydrogens is 364 g/mol.